The van der Waals surface area contributed by atoms with Crippen LogP contribution in [0.5, 0.6) is 0 Å². The second-order valence-corrected chi connectivity index (χ2v) is 2.50. The number of ether oxygens (including phenoxy) is 1. The molecule has 1 rings (SSSR count). The Bertz CT molecular complexity index is 246. The van der Waals surface area contributed by atoms with Gasteiger partial charge in [-0.1, -0.05) is 37.3 Å². The van der Waals surface area contributed by atoms with Gasteiger partial charge in [-0.05, 0) is 5.56 Å². The Morgan fingerprint density at radius 3 is 2.46 bits per heavy atom. The zero-order valence-electron chi connectivity index (χ0n) is 7.53. The van der Waals surface area contributed by atoms with Crippen LogP contribution in [0.4, 0.5) is 0 Å². The fourth-order valence-electron chi connectivity index (χ4n) is 0.840. The maximum absolute atomic E-state index is 10.8. The molecule has 0 fully saturated rings. The number of hydrogen-bond acceptors (Lipinski definition) is 2. The summed E-state index contributed by atoms with van der Waals surface area (Å²) < 4.78 is 4.94. The Morgan fingerprint density at radius 1 is 1.31 bits per heavy atom. The minimum Gasteiger partial charge on any atom is -0.461 e. The molecule has 0 aromatic heterocycles. The van der Waals surface area contributed by atoms with Crippen LogP contribution in [0.3, 0.4) is 0 Å². The van der Waals surface area contributed by atoms with Crippen LogP contribution in [0.1, 0.15) is 18.9 Å². The fraction of sp³-hybridized carbons (Fsp3) is 0.300. The second-order valence-electron chi connectivity index (χ2n) is 2.50. The molecule has 0 spiro atoms. The summed E-state index contributed by atoms with van der Waals surface area (Å²) in [5, 5.41) is 0. The SMILES string of the molecule is Br.CCC(=O)OCc1ccccc1. The van der Waals surface area contributed by atoms with Crippen molar-refractivity contribution in [1.29, 1.82) is 0 Å². The largest absolute Gasteiger partial charge is 0.461 e. The zero-order valence-corrected chi connectivity index (χ0v) is 9.24. The van der Waals surface area contributed by atoms with Crippen molar-refractivity contribution in [3.8, 4) is 0 Å². The van der Waals surface area contributed by atoms with Crippen molar-refractivity contribution >= 4 is 23.0 Å². The van der Waals surface area contributed by atoms with Gasteiger partial charge in [0, 0.05) is 6.42 Å². The average molecular weight is 245 g/mol. The van der Waals surface area contributed by atoms with Crippen molar-refractivity contribution in [1.82, 2.24) is 0 Å². The van der Waals surface area contributed by atoms with E-state index in [-0.39, 0.29) is 23.0 Å². The highest BCUT2D eigenvalue weighted by Crippen LogP contribution is 2.00. The van der Waals surface area contributed by atoms with Gasteiger partial charge in [0.25, 0.3) is 0 Å². The minimum absolute atomic E-state index is 0. The van der Waals surface area contributed by atoms with Crippen LogP contribution in [0.25, 0.3) is 0 Å². The average Bonchev–Trinajstić information content (AvgIpc) is 2.16. The molecule has 0 amide bonds. The highest BCUT2D eigenvalue weighted by atomic mass is 79.9. The molecule has 0 bridgehead atoms. The van der Waals surface area contributed by atoms with Gasteiger partial charge in [-0.15, -0.1) is 17.0 Å². The van der Waals surface area contributed by atoms with E-state index in [4.69, 9.17) is 4.74 Å². The third-order valence-corrected chi connectivity index (χ3v) is 1.53. The first kappa shape index (κ1) is 12.2. The maximum Gasteiger partial charge on any atom is 0.305 e. The van der Waals surface area contributed by atoms with E-state index in [1.165, 1.54) is 0 Å². The quantitative estimate of drug-likeness (QED) is 0.765. The Balaban J connectivity index is 0.00000144. The Morgan fingerprint density at radius 2 is 1.92 bits per heavy atom. The number of halogens is 1. The molecule has 0 aliphatic heterocycles. The molecule has 72 valence electrons. The summed E-state index contributed by atoms with van der Waals surface area (Å²) in [6.07, 6.45) is 0.437. The van der Waals surface area contributed by atoms with E-state index in [1.807, 2.05) is 30.3 Å². The van der Waals surface area contributed by atoms with Gasteiger partial charge < -0.3 is 4.74 Å². The molecule has 0 aliphatic rings. The first-order chi connectivity index (χ1) is 5.83. The van der Waals surface area contributed by atoms with Crippen molar-refractivity contribution in [2.24, 2.45) is 0 Å². The number of carbonyl (C=O) groups is 1. The summed E-state index contributed by atoms with van der Waals surface area (Å²) in [6, 6.07) is 9.65. The Kier molecular flexibility index (Phi) is 6.24. The molecule has 3 heteroatoms. The number of carbonyl (C=O) groups excluding carboxylic acids is 1. The van der Waals surface area contributed by atoms with Gasteiger partial charge in [0.15, 0.2) is 0 Å². The highest BCUT2D eigenvalue weighted by molar-refractivity contribution is 8.93. The molecule has 0 N–H and O–H groups in total. The Labute approximate surface area is 88.7 Å². The van der Waals surface area contributed by atoms with Gasteiger partial charge in [0.1, 0.15) is 6.61 Å². The molecule has 0 saturated heterocycles. The standard InChI is InChI=1S/C10H12O2.BrH/c1-2-10(11)12-8-9-6-4-3-5-7-9;/h3-7H,2,8H2,1H3;1H. The molecule has 13 heavy (non-hydrogen) atoms. The maximum atomic E-state index is 10.8. The molecule has 0 radical (unpaired) electrons. The Hall–Kier alpha value is -0.830. The van der Waals surface area contributed by atoms with E-state index in [0.29, 0.717) is 13.0 Å². The smallest absolute Gasteiger partial charge is 0.305 e. The van der Waals surface area contributed by atoms with Crippen LogP contribution in [0, 0.1) is 0 Å². The van der Waals surface area contributed by atoms with Gasteiger partial charge >= 0.3 is 5.97 Å². The van der Waals surface area contributed by atoms with Crippen LogP contribution >= 0.6 is 17.0 Å². The van der Waals surface area contributed by atoms with Crippen molar-refractivity contribution in [2.75, 3.05) is 0 Å². The van der Waals surface area contributed by atoms with Crippen LogP contribution in [0.2, 0.25) is 0 Å². The number of benzene rings is 1. The van der Waals surface area contributed by atoms with Crippen molar-refractivity contribution in [3.05, 3.63) is 35.9 Å². The van der Waals surface area contributed by atoms with Crippen LogP contribution in [-0.2, 0) is 16.1 Å². The van der Waals surface area contributed by atoms with Gasteiger partial charge in [-0.3, -0.25) is 4.79 Å². The normalized spacial score (nSPS) is 8.69. The van der Waals surface area contributed by atoms with Crippen LogP contribution in [-0.4, -0.2) is 5.97 Å². The number of esters is 1. The fourth-order valence-corrected chi connectivity index (χ4v) is 0.840. The molecule has 2 nitrogen and oxygen atoms in total. The summed E-state index contributed by atoms with van der Waals surface area (Å²) in [5.41, 5.74) is 1.03. The third kappa shape index (κ3) is 4.68. The van der Waals surface area contributed by atoms with E-state index in [0.717, 1.165) is 5.56 Å². The predicted octanol–water partition coefficient (Wildman–Crippen LogP) is 2.72. The van der Waals surface area contributed by atoms with Gasteiger partial charge in [-0.2, -0.15) is 0 Å². The lowest BCUT2D eigenvalue weighted by Gasteiger charge is -2.01. The van der Waals surface area contributed by atoms with Gasteiger partial charge in [0.05, 0.1) is 0 Å². The summed E-state index contributed by atoms with van der Waals surface area (Å²) in [6.45, 7) is 2.17. The second kappa shape index (κ2) is 6.66. The molecule has 1 aromatic rings. The zero-order chi connectivity index (χ0) is 8.81. The lowest BCUT2D eigenvalue weighted by Crippen LogP contribution is -2.01. The highest BCUT2D eigenvalue weighted by Gasteiger charge is 1.97. The number of rotatable bonds is 3. The first-order valence-electron chi connectivity index (χ1n) is 4.02. The molecule has 0 atom stereocenters. The van der Waals surface area contributed by atoms with Crippen molar-refractivity contribution < 1.29 is 9.53 Å². The summed E-state index contributed by atoms with van der Waals surface area (Å²) in [7, 11) is 0. The van der Waals surface area contributed by atoms with Crippen molar-refractivity contribution in [2.45, 2.75) is 20.0 Å². The van der Waals surface area contributed by atoms with Gasteiger partial charge in [-0.25, -0.2) is 0 Å². The molecule has 1 aromatic carbocycles. The molecule has 0 aliphatic carbocycles. The lowest BCUT2D eigenvalue weighted by atomic mass is 10.2. The molecular weight excluding hydrogens is 232 g/mol. The van der Waals surface area contributed by atoms with E-state index in [2.05, 4.69) is 0 Å². The van der Waals surface area contributed by atoms with Gasteiger partial charge in [0.2, 0.25) is 0 Å². The summed E-state index contributed by atoms with van der Waals surface area (Å²) in [4.78, 5) is 10.8. The van der Waals surface area contributed by atoms with E-state index in [1.54, 1.807) is 6.92 Å². The summed E-state index contributed by atoms with van der Waals surface area (Å²) >= 11 is 0. The lowest BCUT2D eigenvalue weighted by molar-refractivity contribution is -0.144. The topological polar surface area (TPSA) is 26.3 Å². The van der Waals surface area contributed by atoms with E-state index >= 15 is 0 Å². The summed E-state index contributed by atoms with van der Waals surface area (Å²) in [5.74, 6) is -0.154. The third-order valence-electron chi connectivity index (χ3n) is 1.53. The number of hydrogen-bond donors (Lipinski definition) is 0. The van der Waals surface area contributed by atoms with E-state index < -0.39 is 0 Å². The molecule has 0 unspecified atom stereocenters. The van der Waals surface area contributed by atoms with Crippen LogP contribution < -0.4 is 0 Å². The van der Waals surface area contributed by atoms with E-state index in [9.17, 15) is 4.79 Å². The minimum atomic E-state index is -0.154. The molecule has 0 saturated carbocycles. The first-order valence-corrected chi connectivity index (χ1v) is 4.02. The monoisotopic (exact) mass is 244 g/mol. The molecular formula is C10H13BrO2. The van der Waals surface area contributed by atoms with Crippen LogP contribution in [0.15, 0.2) is 30.3 Å². The van der Waals surface area contributed by atoms with Crippen molar-refractivity contribution in [3.63, 3.8) is 0 Å². The predicted molar refractivity (Wildman–Crippen MR) is 56.9 cm³/mol. The molecule has 0 heterocycles.